The van der Waals surface area contributed by atoms with Crippen LogP contribution in [0.15, 0.2) is 0 Å². The molecule has 0 aromatic carbocycles. The summed E-state index contributed by atoms with van der Waals surface area (Å²) in [5.41, 5.74) is 0. The van der Waals surface area contributed by atoms with Crippen molar-refractivity contribution in [2.45, 2.75) is 31.3 Å². The Bertz CT molecular complexity index is 181. The molecule has 0 amide bonds. The topological polar surface area (TPSA) is 18.5 Å². The third kappa shape index (κ3) is 2.27. The molecule has 1 aliphatic carbocycles. The minimum atomic E-state index is 0.797. The first-order chi connectivity index (χ1) is 6.77. The van der Waals surface area contributed by atoms with E-state index in [-0.39, 0.29) is 0 Å². The Morgan fingerprint density at radius 2 is 2.21 bits per heavy atom. The largest absolute Gasteiger partial charge is 0.311 e. The van der Waals surface area contributed by atoms with Gasteiger partial charge in [-0.1, -0.05) is 6.42 Å². The number of nitrogens with one attached hydrogen (secondary N) is 1. The smallest absolute Gasteiger partial charge is 0.0250 e. The maximum Gasteiger partial charge on any atom is 0.0250 e. The molecule has 2 fully saturated rings. The van der Waals surface area contributed by atoms with Gasteiger partial charge in [0.25, 0.3) is 0 Å². The van der Waals surface area contributed by atoms with Crippen molar-refractivity contribution in [2.75, 3.05) is 40.3 Å². The van der Waals surface area contributed by atoms with Gasteiger partial charge < -0.3 is 10.2 Å². The number of hydrogen-bond donors (Lipinski definition) is 1. The van der Waals surface area contributed by atoms with Gasteiger partial charge in [0.05, 0.1) is 0 Å². The summed E-state index contributed by atoms with van der Waals surface area (Å²) in [6.07, 6.45) is 4.22. The lowest BCUT2D eigenvalue weighted by molar-refractivity contribution is 0.127. The molecule has 14 heavy (non-hydrogen) atoms. The number of hydrogen-bond acceptors (Lipinski definition) is 3. The molecular weight excluding hydrogens is 174 g/mol. The molecule has 3 heteroatoms. The molecule has 2 rings (SSSR count). The van der Waals surface area contributed by atoms with E-state index in [0.717, 1.165) is 12.1 Å². The van der Waals surface area contributed by atoms with Gasteiger partial charge in [0.15, 0.2) is 0 Å². The summed E-state index contributed by atoms with van der Waals surface area (Å²) in [7, 11) is 4.32. The average Bonchev–Trinajstić information content (AvgIpc) is 2.62. The van der Waals surface area contributed by atoms with Crippen LogP contribution in [0, 0.1) is 0 Å². The van der Waals surface area contributed by atoms with E-state index in [0.29, 0.717) is 0 Å². The second-order valence-corrected chi connectivity index (χ2v) is 4.90. The molecule has 1 aliphatic heterocycles. The van der Waals surface area contributed by atoms with Crippen LogP contribution in [0.1, 0.15) is 19.3 Å². The Labute approximate surface area is 87.4 Å². The molecule has 3 nitrogen and oxygen atoms in total. The number of nitrogens with zero attached hydrogens (tertiary/aromatic N) is 2. The van der Waals surface area contributed by atoms with E-state index in [1.165, 1.54) is 45.4 Å². The number of likely N-dealkylation sites (N-methyl/N-ethyl adjacent to an activating group) is 1. The second-order valence-electron chi connectivity index (χ2n) is 4.90. The maximum atomic E-state index is 3.64. The molecule has 0 aromatic rings. The molecule has 2 atom stereocenters. The van der Waals surface area contributed by atoms with Crippen molar-refractivity contribution in [3.05, 3.63) is 0 Å². The van der Waals surface area contributed by atoms with Crippen LogP contribution in [0.2, 0.25) is 0 Å². The van der Waals surface area contributed by atoms with Gasteiger partial charge >= 0.3 is 0 Å². The quantitative estimate of drug-likeness (QED) is 0.705. The summed E-state index contributed by atoms with van der Waals surface area (Å²) >= 11 is 0. The van der Waals surface area contributed by atoms with Gasteiger partial charge in [-0.15, -0.1) is 0 Å². The molecule has 1 heterocycles. The highest BCUT2D eigenvalue weighted by Crippen LogP contribution is 2.26. The van der Waals surface area contributed by atoms with Crippen LogP contribution in [0.4, 0.5) is 0 Å². The molecule has 0 unspecified atom stereocenters. The van der Waals surface area contributed by atoms with Gasteiger partial charge in [0, 0.05) is 38.3 Å². The van der Waals surface area contributed by atoms with Crippen LogP contribution in [0.5, 0.6) is 0 Å². The van der Waals surface area contributed by atoms with E-state index in [9.17, 15) is 0 Å². The standard InChI is InChI=1S/C11H23N3/c1-13(2)8-9-14-7-6-12-10-4-3-5-11(10)14/h10-12H,3-9H2,1-2H3/t10-,11+/m0/s1. The summed E-state index contributed by atoms with van der Waals surface area (Å²) in [5, 5.41) is 3.64. The van der Waals surface area contributed by atoms with Gasteiger partial charge in [0.2, 0.25) is 0 Å². The maximum absolute atomic E-state index is 3.64. The van der Waals surface area contributed by atoms with Crippen molar-refractivity contribution in [2.24, 2.45) is 0 Å². The van der Waals surface area contributed by atoms with E-state index in [2.05, 4.69) is 29.2 Å². The van der Waals surface area contributed by atoms with Gasteiger partial charge in [-0.05, 0) is 26.9 Å². The highest BCUT2D eigenvalue weighted by molar-refractivity contribution is 4.94. The van der Waals surface area contributed by atoms with E-state index in [1.54, 1.807) is 0 Å². The molecule has 0 radical (unpaired) electrons. The van der Waals surface area contributed by atoms with Crippen molar-refractivity contribution in [1.82, 2.24) is 15.1 Å². The van der Waals surface area contributed by atoms with Crippen LogP contribution in [0.25, 0.3) is 0 Å². The number of fused-ring (bicyclic) bond motifs is 1. The van der Waals surface area contributed by atoms with Crippen molar-refractivity contribution >= 4 is 0 Å². The third-order valence-corrected chi connectivity index (χ3v) is 3.59. The van der Waals surface area contributed by atoms with Crippen molar-refractivity contribution in [1.29, 1.82) is 0 Å². The van der Waals surface area contributed by atoms with E-state index in [4.69, 9.17) is 0 Å². The lowest BCUT2D eigenvalue weighted by Crippen LogP contribution is -2.56. The fourth-order valence-corrected chi connectivity index (χ4v) is 2.78. The SMILES string of the molecule is CN(C)CCN1CCN[C@H]2CCC[C@H]21. The summed E-state index contributed by atoms with van der Waals surface area (Å²) in [6, 6.07) is 1.63. The highest BCUT2D eigenvalue weighted by Gasteiger charge is 2.34. The predicted molar refractivity (Wildman–Crippen MR) is 59.6 cm³/mol. The summed E-state index contributed by atoms with van der Waals surface area (Å²) in [6.45, 7) is 4.88. The van der Waals surface area contributed by atoms with Gasteiger partial charge in [0.1, 0.15) is 0 Å². The van der Waals surface area contributed by atoms with Gasteiger partial charge in [-0.3, -0.25) is 4.90 Å². The molecule has 1 saturated carbocycles. The van der Waals surface area contributed by atoms with Gasteiger partial charge in [-0.25, -0.2) is 0 Å². The van der Waals surface area contributed by atoms with Crippen molar-refractivity contribution in [3.8, 4) is 0 Å². The van der Waals surface area contributed by atoms with E-state index >= 15 is 0 Å². The first-order valence-corrected chi connectivity index (χ1v) is 5.89. The molecule has 82 valence electrons. The fourth-order valence-electron chi connectivity index (χ4n) is 2.78. The Balaban J connectivity index is 1.84. The average molecular weight is 197 g/mol. The Morgan fingerprint density at radius 3 is 3.00 bits per heavy atom. The zero-order chi connectivity index (χ0) is 9.97. The summed E-state index contributed by atoms with van der Waals surface area (Å²) in [5.74, 6) is 0. The van der Waals surface area contributed by atoms with Gasteiger partial charge in [-0.2, -0.15) is 0 Å². The first kappa shape index (κ1) is 10.4. The van der Waals surface area contributed by atoms with E-state index < -0.39 is 0 Å². The van der Waals surface area contributed by atoms with Crippen LogP contribution in [-0.4, -0.2) is 62.2 Å². The van der Waals surface area contributed by atoms with Crippen LogP contribution in [0.3, 0.4) is 0 Å². The van der Waals surface area contributed by atoms with Crippen LogP contribution in [-0.2, 0) is 0 Å². The molecule has 0 spiro atoms. The molecular formula is C11H23N3. The lowest BCUT2D eigenvalue weighted by Gasteiger charge is -2.38. The second kappa shape index (κ2) is 4.60. The van der Waals surface area contributed by atoms with Crippen molar-refractivity contribution < 1.29 is 0 Å². The first-order valence-electron chi connectivity index (χ1n) is 5.89. The zero-order valence-electron chi connectivity index (χ0n) is 9.50. The number of piperazine rings is 1. The number of rotatable bonds is 3. The Morgan fingerprint density at radius 1 is 1.36 bits per heavy atom. The van der Waals surface area contributed by atoms with Crippen LogP contribution < -0.4 is 5.32 Å². The molecule has 2 aliphatic rings. The summed E-state index contributed by atoms with van der Waals surface area (Å²) in [4.78, 5) is 4.97. The molecule has 1 N–H and O–H groups in total. The monoisotopic (exact) mass is 197 g/mol. The van der Waals surface area contributed by atoms with Crippen LogP contribution >= 0.6 is 0 Å². The fraction of sp³-hybridized carbons (Fsp3) is 1.00. The summed E-state index contributed by atoms with van der Waals surface area (Å²) < 4.78 is 0. The molecule has 0 aromatic heterocycles. The van der Waals surface area contributed by atoms with E-state index in [1.807, 2.05) is 0 Å². The normalized spacial score (nSPS) is 33.6. The third-order valence-electron chi connectivity index (χ3n) is 3.59. The highest BCUT2D eigenvalue weighted by atomic mass is 15.3. The minimum absolute atomic E-state index is 0.797. The molecule has 0 bridgehead atoms. The predicted octanol–water partition coefficient (Wildman–Crippen LogP) is 0.374. The zero-order valence-corrected chi connectivity index (χ0v) is 9.50. The lowest BCUT2D eigenvalue weighted by atomic mass is 10.1. The minimum Gasteiger partial charge on any atom is -0.311 e. The Kier molecular flexibility index (Phi) is 3.42. The Hall–Kier alpha value is -0.120. The molecule has 1 saturated heterocycles. The van der Waals surface area contributed by atoms with Crippen molar-refractivity contribution in [3.63, 3.8) is 0 Å².